The minimum Gasteiger partial charge on any atom is -0.369 e. The van der Waals surface area contributed by atoms with Crippen molar-refractivity contribution in [2.24, 2.45) is 0 Å². The molecule has 2 heterocycles. The summed E-state index contributed by atoms with van der Waals surface area (Å²) in [4.78, 5) is 4.15. The molecule has 0 spiro atoms. The van der Waals surface area contributed by atoms with Gasteiger partial charge >= 0.3 is 0 Å². The van der Waals surface area contributed by atoms with E-state index in [4.69, 9.17) is 4.52 Å². The molecule has 0 unspecified atom stereocenters. The van der Waals surface area contributed by atoms with Crippen LogP contribution < -0.4 is 5.32 Å². The average Bonchev–Trinajstić information content (AvgIpc) is 2.46. The number of aromatic nitrogens is 2. The largest absolute Gasteiger partial charge is 0.369 e. The summed E-state index contributed by atoms with van der Waals surface area (Å²) in [5.74, 6) is 0.664. The van der Waals surface area contributed by atoms with E-state index in [-0.39, 0.29) is 0 Å². The maximum absolute atomic E-state index is 5.02. The van der Waals surface area contributed by atoms with Gasteiger partial charge in [0, 0.05) is 23.8 Å². The Kier molecular flexibility index (Phi) is 1.73. The zero-order valence-electron chi connectivity index (χ0n) is 6.34. The van der Waals surface area contributed by atoms with Crippen LogP contribution in [-0.2, 0) is 0 Å². The van der Waals surface area contributed by atoms with Crippen LogP contribution in [0.3, 0.4) is 0 Å². The molecule has 2 rings (SSSR count). The monoisotopic (exact) mass is 227 g/mol. The van der Waals surface area contributed by atoms with Crippen LogP contribution in [0.15, 0.2) is 21.3 Å². The van der Waals surface area contributed by atoms with E-state index in [0.29, 0.717) is 11.4 Å². The highest BCUT2D eigenvalue weighted by Crippen LogP contribution is 2.22. The molecule has 0 fully saturated rings. The van der Waals surface area contributed by atoms with Crippen molar-refractivity contribution in [2.45, 2.75) is 0 Å². The second kappa shape index (κ2) is 2.75. The van der Waals surface area contributed by atoms with E-state index in [1.54, 1.807) is 13.2 Å². The fourth-order valence-corrected chi connectivity index (χ4v) is 1.28. The highest BCUT2D eigenvalue weighted by molar-refractivity contribution is 9.10. The van der Waals surface area contributed by atoms with Gasteiger partial charge in [-0.3, -0.25) is 0 Å². The molecule has 0 saturated carbocycles. The third-order valence-electron chi connectivity index (χ3n) is 1.52. The van der Waals surface area contributed by atoms with Crippen molar-refractivity contribution >= 4 is 32.8 Å². The summed E-state index contributed by atoms with van der Waals surface area (Å²) in [7, 11) is 1.78. The van der Waals surface area contributed by atoms with Gasteiger partial charge in [-0.1, -0.05) is 5.16 Å². The number of nitrogens with zero attached hydrogens (tertiary/aromatic N) is 2. The molecule has 0 aromatic carbocycles. The standard InChI is InChI=1S/C7H6BrN3O/c1-9-7-6-5(12-11-7)2-4(8)3-10-6/h2-3H,1H3,(H,9,11). The van der Waals surface area contributed by atoms with Crippen molar-refractivity contribution in [3.05, 3.63) is 16.7 Å². The van der Waals surface area contributed by atoms with E-state index in [0.717, 1.165) is 9.99 Å². The van der Waals surface area contributed by atoms with Gasteiger partial charge in [0.25, 0.3) is 0 Å². The maximum Gasteiger partial charge on any atom is 0.195 e. The summed E-state index contributed by atoms with van der Waals surface area (Å²) in [6.07, 6.45) is 1.71. The van der Waals surface area contributed by atoms with Crippen LogP contribution in [0.4, 0.5) is 5.82 Å². The number of fused-ring (bicyclic) bond motifs is 1. The van der Waals surface area contributed by atoms with E-state index in [1.807, 2.05) is 6.07 Å². The van der Waals surface area contributed by atoms with Gasteiger partial charge in [0.05, 0.1) is 0 Å². The number of anilines is 1. The molecule has 0 aliphatic carbocycles. The molecule has 5 heteroatoms. The van der Waals surface area contributed by atoms with Crippen LogP contribution in [0.2, 0.25) is 0 Å². The lowest BCUT2D eigenvalue weighted by atomic mass is 10.4. The van der Waals surface area contributed by atoms with E-state index < -0.39 is 0 Å². The molecule has 0 saturated heterocycles. The van der Waals surface area contributed by atoms with Crippen LogP contribution >= 0.6 is 15.9 Å². The number of hydrogen-bond donors (Lipinski definition) is 1. The van der Waals surface area contributed by atoms with Crippen LogP contribution in [-0.4, -0.2) is 17.2 Å². The van der Waals surface area contributed by atoms with Crippen molar-refractivity contribution in [3.63, 3.8) is 0 Å². The smallest absolute Gasteiger partial charge is 0.195 e. The van der Waals surface area contributed by atoms with Crippen molar-refractivity contribution in [1.29, 1.82) is 0 Å². The first-order chi connectivity index (χ1) is 5.81. The lowest BCUT2D eigenvalue weighted by molar-refractivity contribution is 0.459. The molecule has 0 amide bonds. The molecule has 0 radical (unpaired) electrons. The summed E-state index contributed by atoms with van der Waals surface area (Å²) in [5.41, 5.74) is 1.43. The van der Waals surface area contributed by atoms with Crippen molar-refractivity contribution < 1.29 is 4.52 Å². The zero-order chi connectivity index (χ0) is 8.55. The molecular formula is C7H6BrN3O. The van der Waals surface area contributed by atoms with E-state index in [1.165, 1.54) is 0 Å². The number of pyridine rings is 1. The number of hydrogen-bond acceptors (Lipinski definition) is 4. The first-order valence-electron chi connectivity index (χ1n) is 3.40. The molecule has 0 atom stereocenters. The van der Waals surface area contributed by atoms with E-state index in [9.17, 15) is 0 Å². The topological polar surface area (TPSA) is 51.0 Å². The predicted molar refractivity (Wildman–Crippen MR) is 49.1 cm³/mol. The van der Waals surface area contributed by atoms with E-state index >= 15 is 0 Å². The Morgan fingerprint density at radius 1 is 1.58 bits per heavy atom. The summed E-state index contributed by atoms with van der Waals surface area (Å²) in [6, 6.07) is 1.83. The first-order valence-corrected chi connectivity index (χ1v) is 4.19. The minimum atomic E-state index is 0.664. The van der Waals surface area contributed by atoms with Crippen molar-refractivity contribution in [1.82, 2.24) is 10.1 Å². The molecule has 12 heavy (non-hydrogen) atoms. The lowest BCUT2D eigenvalue weighted by Gasteiger charge is -1.90. The summed E-state index contributed by atoms with van der Waals surface area (Å²) < 4.78 is 5.90. The Morgan fingerprint density at radius 2 is 2.42 bits per heavy atom. The number of nitrogens with one attached hydrogen (secondary N) is 1. The molecular weight excluding hydrogens is 222 g/mol. The van der Waals surface area contributed by atoms with Gasteiger partial charge in [-0.05, 0) is 15.9 Å². The predicted octanol–water partition coefficient (Wildman–Crippen LogP) is 2.03. The molecule has 0 aliphatic heterocycles. The summed E-state index contributed by atoms with van der Waals surface area (Å²) >= 11 is 3.29. The van der Waals surface area contributed by atoms with Gasteiger partial charge in [-0.2, -0.15) is 0 Å². The third kappa shape index (κ3) is 1.06. The second-order valence-electron chi connectivity index (χ2n) is 2.28. The molecule has 2 aromatic heterocycles. The molecule has 4 nitrogen and oxygen atoms in total. The average molecular weight is 228 g/mol. The number of halogens is 1. The van der Waals surface area contributed by atoms with Gasteiger partial charge < -0.3 is 9.84 Å². The first kappa shape index (κ1) is 7.54. The molecule has 1 N–H and O–H groups in total. The van der Waals surface area contributed by atoms with Gasteiger partial charge in [0.15, 0.2) is 16.9 Å². The van der Waals surface area contributed by atoms with E-state index in [2.05, 4.69) is 31.4 Å². The van der Waals surface area contributed by atoms with Gasteiger partial charge in [0.2, 0.25) is 0 Å². The normalized spacial score (nSPS) is 10.5. The molecule has 0 bridgehead atoms. The van der Waals surface area contributed by atoms with Crippen LogP contribution in [0.5, 0.6) is 0 Å². The SMILES string of the molecule is CNc1noc2cc(Br)cnc12. The van der Waals surface area contributed by atoms with Gasteiger partial charge in [-0.15, -0.1) is 0 Å². The Morgan fingerprint density at radius 3 is 3.17 bits per heavy atom. The number of rotatable bonds is 1. The minimum absolute atomic E-state index is 0.664. The van der Waals surface area contributed by atoms with Crippen molar-refractivity contribution in [2.75, 3.05) is 12.4 Å². The molecule has 2 aromatic rings. The Hall–Kier alpha value is -1.10. The van der Waals surface area contributed by atoms with Gasteiger partial charge in [0.1, 0.15) is 0 Å². The quantitative estimate of drug-likeness (QED) is 0.811. The lowest BCUT2D eigenvalue weighted by Crippen LogP contribution is -1.88. The second-order valence-corrected chi connectivity index (χ2v) is 3.20. The van der Waals surface area contributed by atoms with Crippen LogP contribution in [0.1, 0.15) is 0 Å². The Balaban J connectivity index is 2.73. The fraction of sp³-hybridized carbons (Fsp3) is 0.143. The Labute approximate surface area is 77.1 Å². The highest BCUT2D eigenvalue weighted by atomic mass is 79.9. The van der Waals surface area contributed by atoms with Gasteiger partial charge in [-0.25, -0.2) is 4.98 Å². The van der Waals surface area contributed by atoms with Crippen LogP contribution in [0.25, 0.3) is 11.1 Å². The zero-order valence-corrected chi connectivity index (χ0v) is 7.92. The summed E-state index contributed by atoms with van der Waals surface area (Å²) in [6.45, 7) is 0. The molecule has 0 aliphatic rings. The Bertz CT molecular complexity index is 412. The van der Waals surface area contributed by atoms with Crippen LogP contribution in [0, 0.1) is 0 Å². The van der Waals surface area contributed by atoms with Crippen molar-refractivity contribution in [3.8, 4) is 0 Å². The summed E-state index contributed by atoms with van der Waals surface area (Å²) in [5, 5.41) is 6.67. The maximum atomic E-state index is 5.02. The molecule has 62 valence electrons. The third-order valence-corrected chi connectivity index (χ3v) is 1.95. The highest BCUT2D eigenvalue weighted by Gasteiger charge is 2.07. The fourth-order valence-electron chi connectivity index (χ4n) is 0.970.